The van der Waals surface area contributed by atoms with Crippen molar-refractivity contribution in [1.82, 2.24) is 34.5 Å². The van der Waals surface area contributed by atoms with E-state index in [0.717, 1.165) is 45.4 Å². The lowest BCUT2D eigenvalue weighted by Crippen LogP contribution is -2.16. The van der Waals surface area contributed by atoms with Crippen LogP contribution in [-0.4, -0.2) is 46.8 Å². The molecule has 10 nitrogen and oxygen atoms in total. The molecular formula is C26H25N9O. The highest BCUT2D eigenvalue weighted by molar-refractivity contribution is 5.95. The molecule has 10 heteroatoms. The molecule has 36 heavy (non-hydrogen) atoms. The maximum absolute atomic E-state index is 12.7. The Morgan fingerprint density at radius 1 is 1.17 bits per heavy atom. The summed E-state index contributed by atoms with van der Waals surface area (Å²) in [7, 11) is 1.89. The van der Waals surface area contributed by atoms with Crippen LogP contribution in [0.4, 0.5) is 11.6 Å². The van der Waals surface area contributed by atoms with Gasteiger partial charge in [-0.3, -0.25) is 9.48 Å². The molecule has 0 aliphatic heterocycles. The maximum Gasteiger partial charge on any atom is 0.155 e. The fourth-order valence-corrected chi connectivity index (χ4v) is 4.61. The first-order valence-corrected chi connectivity index (χ1v) is 11.7. The molecule has 1 fully saturated rings. The molecule has 5 aromatic heterocycles. The zero-order valence-electron chi connectivity index (χ0n) is 20.0. The van der Waals surface area contributed by atoms with Crippen molar-refractivity contribution in [2.24, 2.45) is 13.0 Å². The molecule has 6 rings (SSSR count). The number of hydrogen-bond acceptors (Lipinski definition) is 8. The summed E-state index contributed by atoms with van der Waals surface area (Å²) in [4.78, 5) is 26.3. The number of aryl methyl sites for hydroxylation is 2. The predicted molar refractivity (Wildman–Crippen MR) is 137 cm³/mol. The van der Waals surface area contributed by atoms with E-state index >= 15 is 0 Å². The molecule has 0 amide bonds. The van der Waals surface area contributed by atoms with Gasteiger partial charge in [0.15, 0.2) is 11.6 Å². The standard InChI is InChI=1S/C26H25N9O/c1-15-6-25(35-5-3-4-31-35)30-11-20(15)22-7-16-8-24(28-12-21(16)26(27)33-22)29-13-23(36)19-9-18(19)17-10-32-34(2)14-17/h3-8,10-12,14,18-19H,9,13H2,1-2H3,(H2,27,33)(H,28,29)/t18-,19+/m1/s1. The first-order chi connectivity index (χ1) is 17.5. The Kier molecular flexibility index (Phi) is 5.21. The number of carbonyl (C=O) groups is 1. The molecule has 1 saturated carbocycles. The van der Waals surface area contributed by atoms with Crippen molar-refractivity contribution >= 4 is 28.2 Å². The largest absolute Gasteiger partial charge is 0.383 e. The van der Waals surface area contributed by atoms with Gasteiger partial charge in [0.1, 0.15) is 11.6 Å². The van der Waals surface area contributed by atoms with Crippen LogP contribution in [0.5, 0.6) is 0 Å². The first-order valence-electron chi connectivity index (χ1n) is 11.7. The number of nitrogens with zero attached hydrogens (tertiary/aromatic N) is 7. The average molecular weight is 480 g/mol. The monoisotopic (exact) mass is 479 g/mol. The van der Waals surface area contributed by atoms with Crippen molar-refractivity contribution in [3.63, 3.8) is 0 Å². The second-order valence-corrected chi connectivity index (χ2v) is 9.21. The lowest BCUT2D eigenvalue weighted by Gasteiger charge is -2.11. The van der Waals surface area contributed by atoms with Crippen LogP contribution in [0, 0.1) is 12.8 Å². The van der Waals surface area contributed by atoms with Crippen molar-refractivity contribution < 1.29 is 4.79 Å². The van der Waals surface area contributed by atoms with Crippen LogP contribution in [0.25, 0.3) is 27.8 Å². The van der Waals surface area contributed by atoms with Gasteiger partial charge in [-0.25, -0.2) is 19.6 Å². The molecule has 2 atom stereocenters. The van der Waals surface area contributed by atoms with E-state index < -0.39 is 0 Å². The zero-order chi connectivity index (χ0) is 24.8. The zero-order valence-corrected chi connectivity index (χ0v) is 20.0. The summed E-state index contributed by atoms with van der Waals surface area (Å²) in [5.74, 6) is 2.23. The number of nitrogen functional groups attached to an aromatic ring is 1. The van der Waals surface area contributed by atoms with Gasteiger partial charge in [0.05, 0.1) is 18.4 Å². The van der Waals surface area contributed by atoms with E-state index in [-0.39, 0.29) is 24.2 Å². The van der Waals surface area contributed by atoms with Crippen LogP contribution in [0.3, 0.4) is 0 Å². The number of nitrogens with one attached hydrogen (secondary N) is 1. The van der Waals surface area contributed by atoms with Crippen molar-refractivity contribution in [2.75, 3.05) is 17.6 Å². The van der Waals surface area contributed by atoms with Gasteiger partial charge in [-0.15, -0.1) is 0 Å². The first kappa shape index (κ1) is 21.9. The normalized spacial score (nSPS) is 16.8. The van der Waals surface area contributed by atoms with Gasteiger partial charge in [0.25, 0.3) is 0 Å². The molecule has 0 aromatic carbocycles. The second kappa shape index (κ2) is 8.56. The molecule has 0 saturated heterocycles. The molecular weight excluding hydrogens is 454 g/mol. The topological polar surface area (TPSA) is 129 Å². The molecule has 180 valence electrons. The minimum atomic E-state index is 0.0359. The number of ketones is 1. The van der Waals surface area contributed by atoms with E-state index in [1.807, 2.05) is 56.8 Å². The molecule has 0 unspecified atom stereocenters. The lowest BCUT2D eigenvalue weighted by atomic mass is 10.1. The summed E-state index contributed by atoms with van der Waals surface area (Å²) in [5.41, 5.74) is 10.0. The van der Waals surface area contributed by atoms with E-state index in [1.165, 1.54) is 0 Å². The third-order valence-corrected chi connectivity index (χ3v) is 6.66. The Balaban J connectivity index is 1.20. The van der Waals surface area contributed by atoms with Crippen molar-refractivity contribution in [3.8, 4) is 17.1 Å². The molecule has 5 heterocycles. The highest BCUT2D eigenvalue weighted by Crippen LogP contribution is 2.47. The Labute approximate surface area is 207 Å². The SMILES string of the molecule is Cc1cc(-n2cccn2)ncc1-c1cc2cc(NCC(=O)[C@H]3C[C@@H]3c3cnn(C)c3)ncc2c(N)n1. The molecule has 5 aromatic rings. The lowest BCUT2D eigenvalue weighted by molar-refractivity contribution is -0.118. The molecule has 0 bridgehead atoms. The number of fused-ring (bicyclic) bond motifs is 1. The van der Waals surface area contributed by atoms with E-state index in [9.17, 15) is 4.79 Å². The Hall–Kier alpha value is -4.60. The number of rotatable bonds is 7. The fraction of sp³-hybridized carbons (Fsp3) is 0.231. The number of hydrogen-bond donors (Lipinski definition) is 2. The van der Waals surface area contributed by atoms with Gasteiger partial charge in [0.2, 0.25) is 0 Å². The molecule has 1 aliphatic rings. The van der Waals surface area contributed by atoms with Gasteiger partial charge in [-0.2, -0.15) is 10.2 Å². The molecule has 0 spiro atoms. The Morgan fingerprint density at radius 3 is 2.81 bits per heavy atom. The smallest absolute Gasteiger partial charge is 0.155 e. The second-order valence-electron chi connectivity index (χ2n) is 9.21. The van der Waals surface area contributed by atoms with Crippen LogP contribution < -0.4 is 11.1 Å². The third kappa shape index (κ3) is 4.06. The van der Waals surface area contributed by atoms with Gasteiger partial charge in [-0.05, 0) is 60.0 Å². The highest BCUT2D eigenvalue weighted by Gasteiger charge is 2.43. The van der Waals surface area contributed by atoms with E-state index in [0.29, 0.717) is 11.6 Å². The predicted octanol–water partition coefficient (Wildman–Crippen LogP) is 3.29. The van der Waals surface area contributed by atoms with E-state index in [4.69, 9.17) is 5.73 Å². The van der Waals surface area contributed by atoms with Crippen molar-refractivity contribution in [1.29, 1.82) is 0 Å². The summed E-state index contributed by atoms with van der Waals surface area (Å²) >= 11 is 0. The molecule has 0 radical (unpaired) electrons. The van der Waals surface area contributed by atoms with Crippen LogP contribution >= 0.6 is 0 Å². The molecule has 1 aliphatic carbocycles. The third-order valence-electron chi connectivity index (χ3n) is 6.66. The number of carbonyl (C=O) groups excluding carboxylic acids is 1. The van der Waals surface area contributed by atoms with Gasteiger partial charge >= 0.3 is 0 Å². The van der Waals surface area contributed by atoms with Crippen LogP contribution in [0.1, 0.15) is 23.5 Å². The van der Waals surface area contributed by atoms with Crippen molar-refractivity contribution in [3.05, 3.63) is 72.6 Å². The Bertz CT molecular complexity index is 1590. The van der Waals surface area contributed by atoms with Gasteiger partial charge in [-0.1, -0.05) is 0 Å². The van der Waals surface area contributed by atoms with Crippen molar-refractivity contribution in [2.45, 2.75) is 19.3 Å². The highest BCUT2D eigenvalue weighted by atomic mass is 16.1. The Morgan fingerprint density at radius 2 is 2.06 bits per heavy atom. The molecule has 3 N–H and O–H groups in total. The summed E-state index contributed by atoms with van der Waals surface area (Å²) < 4.78 is 3.48. The van der Waals surface area contributed by atoms with E-state index in [1.54, 1.807) is 28.0 Å². The minimum Gasteiger partial charge on any atom is -0.383 e. The number of Topliss-reactive ketones (excluding diaryl/α,β-unsaturated/α-hetero) is 1. The number of pyridine rings is 3. The average Bonchev–Trinajstić information content (AvgIpc) is 3.25. The summed E-state index contributed by atoms with van der Waals surface area (Å²) in [6.45, 7) is 2.24. The van der Waals surface area contributed by atoms with Gasteiger partial charge < -0.3 is 11.1 Å². The summed E-state index contributed by atoms with van der Waals surface area (Å²) in [6, 6.07) is 7.69. The quantitative estimate of drug-likeness (QED) is 0.364. The number of anilines is 2. The maximum atomic E-state index is 12.7. The summed E-state index contributed by atoms with van der Waals surface area (Å²) in [6.07, 6.45) is 11.7. The van der Waals surface area contributed by atoms with Crippen LogP contribution in [0.15, 0.2) is 61.4 Å². The van der Waals surface area contributed by atoms with Crippen LogP contribution in [-0.2, 0) is 11.8 Å². The van der Waals surface area contributed by atoms with Crippen LogP contribution in [0.2, 0.25) is 0 Å². The fourth-order valence-electron chi connectivity index (χ4n) is 4.61. The summed E-state index contributed by atoms with van der Waals surface area (Å²) in [5, 5.41) is 13.3. The minimum absolute atomic E-state index is 0.0359. The number of aromatic nitrogens is 7. The van der Waals surface area contributed by atoms with Gasteiger partial charge in [0, 0.05) is 54.9 Å². The van der Waals surface area contributed by atoms with E-state index in [2.05, 4.69) is 30.5 Å². The number of nitrogens with two attached hydrogens (primary N) is 1.